The van der Waals surface area contributed by atoms with Crippen molar-refractivity contribution in [2.75, 3.05) is 12.4 Å². The quantitative estimate of drug-likeness (QED) is 0.863. The lowest BCUT2D eigenvalue weighted by molar-refractivity contribution is 0.415. The van der Waals surface area contributed by atoms with Gasteiger partial charge in [0, 0.05) is 6.07 Å². The van der Waals surface area contributed by atoms with E-state index in [-0.39, 0.29) is 21.3 Å². The van der Waals surface area contributed by atoms with Crippen molar-refractivity contribution in [3.63, 3.8) is 0 Å². The Bertz CT molecular complexity index is 646. The number of ether oxygens (including phenoxy) is 1. The molecule has 0 saturated heterocycles. The first kappa shape index (κ1) is 14.7. The van der Waals surface area contributed by atoms with E-state index in [0.29, 0.717) is 11.4 Å². The molecule has 0 amide bonds. The Balaban J connectivity index is 3.26. The summed E-state index contributed by atoms with van der Waals surface area (Å²) >= 11 is 11.9. The fourth-order valence-electron chi connectivity index (χ4n) is 1.20. The third-order valence-corrected chi connectivity index (χ3v) is 2.69. The Morgan fingerprint density at radius 3 is 2.21 bits per heavy atom. The lowest BCUT2D eigenvalue weighted by Crippen LogP contribution is -2.01. The molecule has 0 atom stereocenters. The molecule has 0 fully saturated rings. The minimum atomic E-state index is -0.342. The average Bonchev–Trinajstić information content (AvgIpc) is 2.42. The summed E-state index contributed by atoms with van der Waals surface area (Å²) in [6, 6.07) is 7.84. The summed E-state index contributed by atoms with van der Waals surface area (Å²) in [5.74, 6) is 0.375. The summed E-state index contributed by atoms with van der Waals surface area (Å²) in [5.41, 5.74) is -0.245. The number of allylic oxidation sites excluding steroid dienone is 2. The summed E-state index contributed by atoms with van der Waals surface area (Å²) in [7, 11) is 1.44. The number of nitriles is 3. The first-order chi connectivity index (χ1) is 9.07. The molecule has 1 rings (SSSR count). The lowest BCUT2D eigenvalue weighted by Gasteiger charge is -2.10. The highest BCUT2D eigenvalue weighted by atomic mass is 35.5. The van der Waals surface area contributed by atoms with Gasteiger partial charge >= 0.3 is 0 Å². The van der Waals surface area contributed by atoms with Crippen LogP contribution in [0.3, 0.4) is 0 Å². The largest absolute Gasteiger partial charge is 0.495 e. The van der Waals surface area contributed by atoms with Crippen LogP contribution in [0.4, 0.5) is 5.69 Å². The monoisotopic (exact) mass is 292 g/mol. The van der Waals surface area contributed by atoms with Crippen molar-refractivity contribution in [3.05, 3.63) is 33.4 Å². The van der Waals surface area contributed by atoms with Crippen LogP contribution in [-0.4, -0.2) is 7.11 Å². The molecular weight excluding hydrogens is 287 g/mol. The van der Waals surface area contributed by atoms with Crippen molar-refractivity contribution < 1.29 is 4.74 Å². The second kappa shape index (κ2) is 6.52. The third kappa shape index (κ3) is 3.30. The molecule has 0 aliphatic rings. The predicted octanol–water partition coefficient (Wildman–Crippen LogP) is 3.24. The van der Waals surface area contributed by atoms with Crippen molar-refractivity contribution in [1.29, 1.82) is 15.8 Å². The molecule has 0 spiro atoms. The second-order valence-corrected chi connectivity index (χ2v) is 3.99. The first-order valence-electron chi connectivity index (χ1n) is 4.82. The molecule has 0 unspecified atom stereocenters. The Morgan fingerprint density at radius 1 is 1.11 bits per heavy atom. The minimum Gasteiger partial charge on any atom is -0.495 e. The van der Waals surface area contributed by atoms with Gasteiger partial charge in [0.25, 0.3) is 0 Å². The molecule has 0 heterocycles. The van der Waals surface area contributed by atoms with E-state index < -0.39 is 0 Å². The van der Waals surface area contributed by atoms with Crippen LogP contribution in [0.15, 0.2) is 23.4 Å². The number of hydrogen-bond acceptors (Lipinski definition) is 5. The molecule has 5 nitrogen and oxygen atoms in total. The van der Waals surface area contributed by atoms with Gasteiger partial charge in [0.15, 0.2) is 5.57 Å². The summed E-state index contributed by atoms with van der Waals surface area (Å²) in [6.45, 7) is 0. The summed E-state index contributed by atoms with van der Waals surface area (Å²) in [6.07, 6.45) is 0. The number of rotatable bonds is 3. The Morgan fingerprint density at radius 2 is 1.74 bits per heavy atom. The van der Waals surface area contributed by atoms with Gasteiger partial charge in [0.05, 0.1) is 22.8 Å². The van der Waals surface area contributed by atoms with Gasteiger partial charge in [-0.1, -0.05) is 23.2 Å². The zero-order valence-electron chi connectivity index (χ0n) is 9.66. The molecule has 1 aromatic carbocycles. The van der Waals surface area contributed by atoms with Crippen molar-refractivity contribution in [1.82, 2.24) is 0 Å². The van der Waals surface area contributed by atoms with Crippen LogP contribution in [0.25, 0.3) is 0 Å². The van der Waals surface area contributed by atoms with Gasteiger partial charge in [0.1, 0.15) is 29.7 Å². The van der Waals surface area contributed by atoms with Gasteiger partial charge in [-0.15, -0.1) is 0 Å². The fourth-order valence-corrected chi connectivity index (χ4v) is 1.64. The Hall–Kier alpha value is -2.39. The van der Waals surface area contributed by atoms with Crippen molar-refractivity contribution in [3.8, 4) is 24.0 Å². The molecule has 1 aromatic rings. The van der Waals surface area contributed by atoms with E-state index in [1.807, 2.05) is 0 Å². The number of hydrogen-bond donors (Lipinski definition) is 1. The number of benzene rings is 1. The molecule has 0 aliphatic heterocycles. The van der Waals surface area contributed by atoms with Gasteiger partial charge in [-0.2, -0.15) is 15.8 Å². The molecule has 0 radical (unpaired) electrons. The Kier molecular flexibility index (Phi) is 5.03. The molecule has 94 valence electrons. The van der Waals surface area contributed by atoms with Crippen LogP contribution in [-0.2, 0) is 0 Å². The van der Waals surface area contributed by atoms with E-state index >= 15 is 0 Å². The smallest absolute Gasteiger partial charge is 0.163 e. The zero-order valence-corrected chi connectivity index (χ0v) is 11.2. The number of halogens is 2. The van der Waals surface area contributed by atoms with E-state index in [1.165, 1.54) is 19.2 Å². The van der Waals surface area contributed by atoms with Crippen LogP contribution >= 0.6 is 23.2 Å². The minimum absolute atomic E-state index is 0.201. The number of nitrogens with one attached hydrogen (secondary N) is 1. The first-order valence-corrected chi connectivity index (χ1v) is 5.57. The fraction of sp³-hybridized carbons (Fsp3) is 0.0833. The normalized spacial score (nSPS) is 8.63. The van der Waals surface area contributed by atoms with Gasteiger partial charge in [-0.05, 0) is 6.07 Å². The maximum Gasteiger partial charge on any atom is 0.163 e. The molecule has 1 N–H and O–H groups in total. The molecule has 0 bridgehead atoms. The molecule has 7 heteroatoms. The van der Waals surface area contributed by atoms with E-state index in [9.17, 15) is 0 Å². The van der Waals surface area contributed by atoms with Crippen LogP contribution < -0.4 is 10.1 Å². The third-order valence-electron chi connectivity index (χ3n) is 2.09. The van der Waals surface area contributed by atoms with Crippen LogP contribution in [0.2, 0.25) is 10.0 Å². The zero-order chi connectivity index (χ0) is 14.4. The molecule has 0 aliphatic carbocycles. The highest BCUT2D eigenvalue weighted by molar-refractivity contribution is 6.36. The van der Waals surface area contributed by atoms with Gasteiger partial charge in [-0.25, -0.2) is 0 Å². The molecule has 0 aromatic heterocycles. The average molecular weight is 293 g/mol. The van der Waals surface area contributed by atoms with Crippen molar-refractivity contribution >= 4 is 28.9 Å². The summed E-state index contributed by atoms with van der Waals surface area (Å²) < 4.78 is 4.98. The highest BCUT2D eigenvalue weighted by Gasteiger charge is 2.11. The van der Waals surface area contributed by atoms with E-state index in [4.69, 9.17) is 43.7 Å². The van der Waals surface area contributed by atoms with E-state index in [1.54, 1.807) is 18.2 Å². The predicted molar refractivity (Wildman–Crippen MR) is 70.5 cm³/mol. The maximum absolute atomic E-state index is 8.91. The number of anilines is 1. The maximum atomic E-state index is 8.91. The second-order valence-electron chi connectivity index (χ2n) is 3.18. The van der Waals surface area contributed by atoms with Gasteiger partial charge in [0.2, 0.25) is 0 Å². The topological polar surface area (TPSA) is 92.6 Å². The molecule has 0 saturated carbocycles. The standard InChI is InChI=1S/C12H6Cl2N4O/c1-19-12-3-8(13)10(2-9(12)14)18-11(6-17)7(4-15)5-16/h2-3,18H,1H3. The highest BCUT2D eigenvalue weighted by Crippen LogP contribution is 2.34. The van der Waals surface area contributed by atoms with Crippen molar-refractivity contribution in [2.24, 2.45) is 0 Å². The summed E-state index contributed by atoms with van der Waals surface area (Å²) in [4.78, 5) is 0. The number of methoxy groups -OCH3 is 1. The van der Waals surface area contributed by atoms with Crippen LogP contribution in [0.1, 0.15) is 0 Å². The van der Waals surface area contributed by atoms with E-state index in [2.05, 4.69) is 5.32 Å². The van der Waals surface area contributed by atoms with Crippen LogP contribution in [0.5, 0.6) is 5.75 Å². The SMILES string of the molecule is COc1cc(Cl)c(NC(C#N)=C(C#N)C#N)cc1Cl. The summed E-state index contributed by atoms with van der Waals surface area (Å²) in [5, 5.41) is 29.4. The van der Waals surface area contributed by atoms with Crippen molar-refractivity contribution in [2.45, 2.75) is 0 Å². The van der Waals surface area contributed by atoms with E-state index in [0.717, 1.165) is 0 Å². The van der Waals surface area contributed by atoms with Gasteiger partial charge < -0.3 is 10.1 Å². The molecular formula is C12H6Cl2N4O. The lowest BCUT2D eigenvalue weighted by atomic mass is 10.2. The van der Waals surface area contributed by atoms with Crippen LogP contribution in [0, 0.1) is 34.0 Å². The number of nitrogens with zero attached hydrogens (tertiary/aromatic N) is 3. The molecule has 19 heavy (non-hydrogen) atoms. The van der Waals surface area contributed by atoms with Gasteiger partial charge in [-0.3, -0.25) is 0 Å². The Labute approximate surface area is 119 Å².